The number of rotatable bonds is 4. The van der Waals surface area contributed by atoms with E-state index in [1.54, 1.807) is 18.3 Å². The van der Waals surface area contributed by atoms with Crippen molar-refractivity contribution in [2.24, 2.45) is 5.73 Å². The quantitative estimate of drug-likeness (QED) is 0.913. The molecule has 1 saturated heterocycles. The van der Waals surface area contributed by atoms with Gasteiger partial charge in [0.1, 0.15) is 29.2 Å². The van der Waals surface area contributed by atoms with E-state index in [2.05, 4.69) is 26.8 Å². The van der Waals surface area contributed by atoms with Gasteiger partial charge in [-0.2, -0.15) is 0 Å². The molecule has 7 heteroatoms. The fraction of sp³-hybridized carbons (Fsp3) is 0.444. The number of piperidine rings is 1. The van der Waals surface area contributed by atoms with Crippen molar-refractivity contribution in [2.45, 2.75) is 39.7 Å². The predicted molar refractivity (Wildman–Crippen MR) is 94.9 cm³/mol. The van der Waals surface area contributed by atoms with Gasteiger partial charge >= 0.3 is 0 Å². The first-order valence-corrected chi connectivity index (χ1v) is 8.43. The first kappa shape index (κ1) is 17.1. The van der Waals surface area contributed by atoms with Gasteiger partial charge in [0.05, 0.1) is 0 Å². The molecule has 1 aliphatic heterocycles. The molecule has 0 unspecified atom stereocenters. The first-order chi connectivity index (χ1) is 11.9. The number of carbonyl (C=O) groups is 1. The van der Waals surface area contributed by atoms with E-state index in [4.69, 9.17) is 10.5 Å². The molecular formula is C18H23N5O2. The van der Waals surface area contributed by atoms with Crippen molar-refractivity contribution in [3.8, 4) is 5.75 Å². The van der Waals surface area contributed by atoms with Gasteiger partial charge in [0.15, 0.2) is 0 Å². The molecule has 2 aromatic rings. The lowest BCUT2D eigenvalue weighted by molar-refractivity contribution is 0.0994. The van der Waals surface area contributed by atoms with Crippen LogP contribution in [0.3, 0.4) is 0 Å². The normalized spacial score (nSPS) is 15.2. The van der Waals surface area contributed by atoms with Crippen molar-refractivity contribution >= 4 is 11.7 Å². The van der Waals surface area contributed by atoms with E-state index in [1.807, 2.05) is 13.8 Å². The summed E-state index contributed by atoms with van der Waals surface area (Å²) in [7, 11) is 0. The standard InChI is InChI=1S/C18H23N5O2/c1-11-12(2)21-13(3)22-18(11)23-8-5-14(6-9-23)25-15-4-7-20-16(10-15)17(19)24/h4,7,10,14H,5-6,8-9H2,1-3H3,(H2,19,24). The SMILES string of the molecule is Cc1nc(C)c(C)c(N2CCC(Oc3ccnc(C(N)=O)c3)CC2)n1. The van der Waals surface area contributed by atoms with Crippen LogP contribution in [-0.4, -0.2) is 40.1 Å². The number of aryl methyl sites for hydroxylation is 2. The summed E-state index contributed by atoms with van der Waals surface area (Å²) < 4.78 is 6.00. The summed E-state index contributed by atoms with van der Waals surface area (Å²) in [4.78, 5) is 26.5. The van der Waals surface area contributed by atoms with Crippen molar-refractivity contribution < 1.29 is 9.53 Å². The van der Waals surface area contributed by atoms with Crippen LogP contribution in [0.2, 0.25) is 0 Å². The molecule has 1 aliphatic rings. The number of primary amides is 1. The lowest BCUT2D eigenvalue weighted by Crippen LogP contribution is -2.39. The van der Waals surface area contributed by atoms with Crippen LogP contribution >= 0.6 is 0 Å². The van der Waals surface area contributed by atoms with Crippen molar-refractivity contribution in [3.63, 3.8) is 0 Å². The molecule has 0 aliphatic carbocycles. The number of nitrogens with two attached hydrogens (primary N) is 1. The summed E-state index contributed by atoms with van der Waals surface area (Å²) >= 11 is 0. The van der Waals surface area contributed by atoms with Gasteiger partial charge < -0.3 is 15.4 Å². The second-order valence-electron chi connectivity index (χ2n) is 6.35. The molecule has 7 nitrogen and oxygen atoms in total. The van der Waals surface area contributed by atoms with E-state index in [0.717, 1.165) is 48.8 Å². The topological polar surface area (TPSA) is 94.2 Å². The third-order valence-electron chi connectivity index (χ3n) is 4.50. The average molecular weight is 341 g/mol. The van der Waals surface area contributed by atoms with Crippen molar-refractivity contribution in [1.82, 2.24) is 15.0 Å². The van der Waals surface area contributed by atoms with Gasteiger partial charge in [0.2, 0.25) is 0 Å². The number of hydrogen-bond donors (Lipinski definition) is 1. The number of hydrogen-bond acceptors (Lipinski definition) is 6. The Morgan fingerprint density at radius 2 is 1.96 bits per heavy atom. The Kier molecular flexibility index (Phi) is 4.83. The predicted octanol–water partition coefficient (Wildman–Crippen LogP) is 1.94. The van der Waals surface area contributed by atoms with Crippen LogP contribution < -0.4 is 15.4 Å². The third kappa shape index (κ3) is 3.87. The highest BCUT2D eigenvalue weighted by Crippen LogP contribution is 2.25. The van der Waals surface area contributed by atoms with Gasteiger partial charge in [-0.3, -0.25) is 9.78 Å². The smallest absolute Gasteiger partial charge is 0.267 e. The van der Waals surface area contributed by atoms with Crippen LogP contribution in [0.15, 0.2) is 18.3 Å². The Morgan fingerprint density at radius 1 is 1.24 bits per heavy atom. The summed E-state index contributed by atoms with van der Waals surface area (Å²) in [6.07, 6.45) is 3.41. The van der Waals surface area contributed by atoms with Gasteiger partial charge in [0.25, 0.3) is 5.91 Å². The van der Waals surface area contributed by atoms with E-state index in [9.17, 15) is 4.79 Å². The van der Waals surface area contributed by atoms with Gasteiger partial charge in [-0.15, -0.1) is 0 Å². The molecule has 3 rings (SSSR count). The molecule has 0 saturated carbocycles. The first-order valence-electron chi connectivity index (χ1n) is 8.43. The van der Waals surface area contributed by atoms with Crippen LogP contribution in [0, 0.1) is 20.8 Å². The lowest BCUT2D eigenvalue weighted by Gasteiger charge is -2.34. The van der Waals surface area contributed by atoms with Crippen LogP contribution in [0.4, 0.5) is 5.82 Å². The highest BCUT2D eigenvalue weighted by molar-refractivity contribution is 5.91. The Morgan fingerprint density at radius 3 is 2.64 bits per heavy atom. The monoisotopic (exact) mass is 341 g/mol. The van der Waals surface area contributed by atoms with Crippen molar-refractivity contribution in [3.05, 3.63) is 41.1 Å². The minimum atomic E-state index is -0.551. The zero-order valence-corrected chi connectivity index (χ0v) is 14.8. The van der Waals surface area contributed by atoms with Crippen molar-refractivity contribution in [1.29, 1.82) is 0 Å². The van der Waals surface area contributed by atoms with Gasteiger partial charge in [-0.05, 0) is 26.8 Å². The zero-order chi connectivity index (χ0) is 18.0. The summed E-state index contributed by atoms with van der Waals surface area (Å²) in [5, 5.41) is 0. The maximum atomic E-state index is 11.2. The summed E-state index contributed by atoms with van der Waals surface area (Å²) in [5.74, 6) is 1.90. The zero-order valence-electron chi connectivity index (χ0n) is 14.8. The van der Waals surface area contributed by atoms with Crippen molar-refractivity contribution in [2.75, 3.05) is 18.0 Å². The summed E-state index contributed by atoms with van der Waals surface area (Å²) in [6, 6.07) is 3.34. The summed E-state index contributed by atoms with van der Waals surface area (Å²) in [6.45, 7) is 7.74. The maximum Gasteiger partial charge on any atom is 0.267 e. The number of ether oxygens (including phenoxy) is 1. The molecule has 0 spiro atoms. The fourth-order valence-electron chi connectivity index (χ4n) is 3.06. The molecule has 0 radical (unpaired) electrons. The molecule has 0 aromatic carbocycles. The Labute approximate surface area is 147 Å². The Bertz CT molecular complexity index is 785. The number of carbonyl (C=O) groups excluding carboxylic acids is 1. The number of pyridine rings is 1. The van der Waals surface area contributed by atoms with Gasteiger partial charge in [0, 0.05) is 49.5 Å². The van der Waals surface area contributed by atoms with Gasteiger partial charge in [-0.25, -0.2) is 9.97 Å². The molecular weight excluding hydrogens is 318 g/mol. The second-order valence-corrected chi connectivity index (χ2v) is 6.35. The number of aromatic nitrogens is 3. The number of nitrogens with zero attached hydrogens (tertiary/aromatic N) is 4. The lowest BCUT2D eigenvalue weighted by atomic mass is 10.1. The molecule has 2 N–H and O–H groups in total. The molecule has 1 amide bonds. The van der Waals surface area contributed by atoms with E-state index < -0.39 is 5.91 Å². The Hall–Kier alpha value is -2.70. The molecule has 25 heavy (non-hydrogen) atoms. The molecule has 1 fully saturated rings. The van der Waals surface area contributed by atoms with Crippen LogP contribution in [0.5, 0.6) is 5.75 Å². The van der Waals surface area contributed by atoms with Crippen LogP contribution in [0.1, 0.15) is 40.4 Å². The molecule has 2 aromatic heterocycles. The van der Waals surface area contributed by atoms with E-state index >= 15 is 0 Å². The minimum absolute atomic E-state index is 0.101. The second kappa shape index (κ2) is 7.04. The van der Waals surface area contributed by atoms with Crippen LogP contribution in [0.25, 0.3) is 0 Å². The third-order valence-corrected chi connectivity index (χ3v) is 4.50. The fourth-order valence-corrected chi connectivity index (χ4v) is 3.06. The van der Waals surface area contributed by atoms with E-state index in [-0.39, 0.29) is 11.8 Å². The number of anilines is 1. The number of amides is 1. The van der Waals surface area contributed by atoms with E-state index in [0.29, 0.717) is 5.75 Å². The molecule has 0 atom stereocenters. The Balaban J connectivity index is 1.64. The molecule has 0 bridgehead atoms. The minimum Gasteiger partial charge on any atom is -0.490 e. The molecule has 132 valence electrons. The molecule has 3 heterocycles. The summed E-state index contributed by atoms with van der Waals surface area (Å²) in [5.41, 5.74) is 7.64. The van der Waals surface area contributed by atoms with Crippen LogP contribution in [-0.2, 0) is 0 Å². The maximum absolute atomic E-state index is 11.2. The highest BCUT2D eigenvalue weighted by Gasteiger charge is 2.23. The highest BCUT2D eigenvalue weighted by atomic mass is 16.5. The van der Waals surface area contributed by atoms with Gasteiger partial charge in [-0.1, -0.05) is 0 Å². The largest absolute Gasteiger partial charge is 0.490 e. The van der Waals surface area contributed by atoms with E-state index in [1.165, 1.54) is 0 Å². The average Bonchev–Trinajstić information content (AvgIpc) is 2.59.